The number of anilines is 2. The van der Waals surface area contributed by atoms with E-state index in [2.05, 4.69) is 17.2 Å². The molecule has 1 amide bonds. The van der Waals surface area contributed by atoms with Crippen LogP contribution in [0.2, 0.25) is 0 Å². The van der Waals surface area contributed by atoms with Gasteiger partial charge in [-0.05, 0) is 32.6 Å². The average molecular weight is 310 g/mol. The summed E-state index contributed by atoms with van der Waals surface area (Å²) in [6.07, 6.45) is 4.71. The molecule has 1 fully saturated rings. The van der Waals surface area contributed by atoms with Gasteiger partial charge in [0.1, 0.15) is 10.7 Å². The zero-order valence-electron chi connectivity index (χ0n) is 13.2. The van der Waals surface area contributed by atoms with Gasteiger partial charge in [-0.15, -0.1) is 0 Å². The van der Waals surface area contributed by atoms with Gasteiger partial charge in [-0.3, -0.25) is 4.79 Å². The average Bonchev–Trinajstić information content (AvgIpc) is 2.79. The molecule has 1 aromatic heterocycles. The van der Waals surface area contributed by atoms with Crippen molar-refractivity contribution in [2.75, 3.05) is 24.1 Å². The number of carbonyl (C=O) groups is 1. The number of nitrogens with one attached hydrogen (secondary N) is 1. The monoisotopic (exact) mass is 310 g/mol. The molecule has 0 unspecified atom stereocenters. The van der Waals surface area contributed by atoms with Crippen LogP contribution in [0.25, 0.3) is 0 Å². The van der Waals surface area contributed by atoms with Crippen molar-refractivity contribution in [1.29, 1.82) is 0 Å². The molecule has 21 heavy (non-hydrogen) atoms. The predicted molar refractivity (Wildman–Crippen MR) is 88.8 cm³/mol. The highest BCUT2D eigenvalue weighted by atomic mass is 32.1. The Hall–Kier alpha value is -1.30. The van der Waals surface area contributed by atoms with Gasteiger partial charge in [-0.25, -0.2) is 4.98 Å². The SMILES string of the molecule is CCCC1CCN(C(=O)c2sc(NC(C)C)nc2N)CC1. The predicted octanol–water partition coefficient (Wildman–Crippen LogP) is 3.20. The summed E-state index contributed by atoms with van der Waals surface area (Å²) in [7, 11) is 0. The lowest BCUT2D eigenvalue weighted by Gasteiger charge is -2.31. The second-order valence-electron chi connectivity index (χ2n) is 6.06. The van der Waals surface area contributed by atoms with Crippen LogP contribution in [0.5, 0.6) is 0 Å². The number of hydrogen-bond acceptors (Lipinski definition) is 5. The van der Waals surface area contributed by atoms with E-state index in [1.54, 1.807) is 0 Å². The van der Waals surface area contributed by atoms with Gasteiger partial charge in [0, 0.05) is 19.1 Å². The third-order valence-electron chi connectivity index (χ3n) is 3.86. The standard InChI is InChI=1S/C15H26N4OS/c1-4-5-11-6-8-19(9-7-11)14(20)12-13(16)18-15(21-12)17-10(2)3/h10-11H,4-9,16H2,1-3H3,(H,17,18). The van der Waals surface area contributed by atoms with Gasteiger partial charge in [0.05, 0.1) is 0 Å². The summed E-state index contributed by atoms with van der Waals surface area (Å²) in [5.74, 6) is 1.16. The van der Waals surface area contributed by atoms with E-state index in [4.69, 9.17) is 5.73 Å². The Morgan fingerprint density at radius 2 is 2.14 bits per heavy atom. The molecular weight excluding hydrogens is 284 g/mol. The molecule has 0 spiro atoms. The minimum atomic E-state index is 0.0387. The zero-order chi connectivity index (χ0) is 15.4. The second-order valence-corrected chi connectivity index (χ2v) is 7.06. The molecule has 1 aliphatic heterocycles. The van der Waals surface area contributed by atoms with Crippen molar-refractivity contribution >= 4 is 28.2 Å². The second kappa shape index (κ2) is 7.11. The summed E-state index contributed by atoms with van der Waals surface area (Å²) >= 11 is 1.36. The molecule has 0 radical (unpaired) electrons. The van der Waals surface area contributed by atoms with Crippen molar-refractivity contribution < 1.29 is 4.79 Å². The molecule has 5 nitrogen and oxygen atoms in total. The minimum Gasteiger partial charge on any atom is -0.382 e. The molecule has 6 heteroatoms. The molecule has 118 valence electrons. The number of carbonyl (C=O) groups excluding carboxylic acids is 1. The Labute approximate surface area is 130 Å². The fourth-order valence-corrected chi connectivity index (χ4v) is 3.77. The number of thiazole rings is 1. The van der Waals surface area contributed by atoms with E-state index in [1.165, 1.54) is 24.2 Å². The summed E-state index contributed by atoms with van der Waals surface area (Å²) < 4.78 is 0. The quantitative estimate of drug-likeness (QED) is 0.876. The van der Waals surface area contributed by atoms with E-state index in [0.717, 1.165) is 37.0 Å². The van der Waals surface area contributed by atoms with Gasteiger partial charge in [0.25, 0.3) is 5.91 Å². The molecule has 1 aliphatic rings. The first-order valence-corrected chi connectivity index (χ1v) is 8.65. The summed E-state index contributed by atoms with van der Waals surface area (Å²) in [6.45, 7) is 7.98. The number of rotatable bonds is 5. The highest BCUT2D eigenvalue weighted by Crippen LogP contribution is 2.29. The van der Waals surface area contributed by atoms with Crippen LogP contribution in [0, 0.1) is 5.92 Å². The van der Waals surface area contributed by atoms with Crippen LogP contribution in [0.4, 0.5) is 10.9 Å². The molecule has 3 N–H and O–H groups in total. The third-order valence-corrected chi connectivity index (χ3v) is 4.85. The normalized spacial score (nSPS) is 16.5. The van der Waals surface area contributed by atoms with Gasteiger partial charge in [0.2, 0.25) is 0 Å². The van der Waals surface area contributed by atoms with Crippen molar-refractivity contribution in [3.8, 4) is 0 Å². The molecule has 0 saturated carbocycles. The molecule has 0 bridgehead atoms. The van der Waals surface area contributed by atoms with Crippen LogP contribution < -0.4 is 11.1 Å². The number of nitrogens with zero attached hydrogens (tertiary/aromatic N) is 2. The maximum atomic E-state index is 12.6. The Morgan fingerprint density at radius 1 is 1.48 bits per heavy atom. The lowest BCUT2D eigenvalue weighted by Crippen LogP contribution is -2.38. The first-order valence-electron chi connectivity index (χ1n) is 7.83. The van der Waals surface area contributed by atoms with Crippen LogP contribution in [0.15, 0.2) is 0 Å². The smallest absolute Gasteiger partial charge is 0.267 e. The van der Waals surface area contributed by atoms with Crippen LogP contribution in [0.3, 0.4) is 0 Å². The van der Waals surface area contributed by atoms with Gasteiger partial charge in [0.15, 0.2) is 5.13 Å². The Morgan fingerprint density at radius 3 is 2.71 bits per heavy atom. The van der Waals surface area contributed by atoms with Crippen molar-refractivity contribution in [3.05, 3.63) is 4.88 Å². The fraction of sp³-hybridized carbons (Fsp3) is 0.733. The number of likely N-dealkylation sites (tertiary alicyclic amines) is 1. The van der Waals surface area contributed by atoms with Crippen LogP contribution >= 0.6 is 11.3 Å². The molecule has 1 saturated heterocycles. The molecule has 0 atom stereocenters. The van der Waals surface area contributed by atoms with E-state index < -0.39 is 0 Å². The summed E-state index contributed by atoms with van der Waals surface area (Å²) in [5.41, 5.74) is 5.91. The van der Waals surface area contributed by atoms with E-state index in [-0.39, 0.29) is 11.9 Å². The number of hydrogen-bond donors (Lipinski definition) is 2. The van der Waals surface area contributed by atoms with Crippen molar-refractivity contribution in [2.24, 2.45) is 5.92 Å². The highest BCUT2D eigenvalue weighted by molar-refractivity contribution is 7.18. The zero-order valence-corrected chi connectivity index (χ0v) is 14.0. The van der Waals surface area contributed by atoms with Crippen molar-refractivity contribution in [2.45, 2.75) is 52.5 Å². The van der Waals surface area contributed by atoms with Crippen molar-refractivity contribution in [1.82, 2.24) is 9.88 Å². The Kier molecular flexibility index (Phi) is 5.45. The van der Waals surface area contributed by atoms with Crippen LogP contribution in [-0.4, -0.2) is 34.9 Å². The summed E-state index contributed by atoms with van der Waals surface area (Å²) in [6, 6.07) is 0.281. The van der Waals surface area contributed by atoms with Crippen molar-refractivity contribution in [3.63, 3.8) is 0 Å². The Balaban J connectivity index is 1.99. The molecule has 2 heterocycles. The highest BCUT2D eigenvalue weighted by Gasteiger charge is 2.26. The molecule has 2 rings (SSSR count). The topological polar surface area (TPSA) is 71.2 Å². The lowest BCUT2D eigenvalue weighted by molar-refractivity contribution is 0.0692. The maximum Gasteiger partial charge on any atom is 0.267 e. The number of amides is 1. The molecule has 0 aliphatic carbocycles. The van der Waals surface area contributed by atoms with Gasteiger partial charge in [-0.2, -0.15) is 0 Å². The molecule has 1 aromatic rings. The number of aromatic nitrogens is 1. The van der Waals surface area contributed by atoms with Gasteiger partial charge in [-0.1, -0.05) is 31.1 Å². The fourth-order valence-electron chi connectivity index (χ4n) is 2.77. The van der Waals surface area contributed by atoms with E-state index in [1.807, 2.05) is 18.7 Å². The van der Waals surface area contributed by atoms with Gasteiger partial charge >= 0.3 is 0 Å². The molecular formula is C15H26N4OS. The lowest BCUT2D eigenvalue weighted by atomic mass is 9.92. The maximum absolute atomic E-state index is 12.6. The number of nitrogen functional groups attached to an aromatic ring is 1. The van der Waals surface area contributed by atoms with E-state index >= 15 is 0 Å². The first-order chi connectivity index (χ1) is 10.0. The van der Waals surface area contributed by atoms with E-state index in [0.29, 0.717) is 10.7 Å². The largest absolute Gasteiger partial charge is 0.382 e. The summed E-state index contributed by atoms with van der Waals surface area (Å²) in [4.78, 5) is 19.3. The number of nitrogens with two attached hydrogens (primary N) is 1. The third kappa shape index (κ3) is 4.09. The van der Waals surface area contributed by atoms with Gasteiger partial charge < -0.3 is 16.0 Å². The Bertz CT molecular complexity index is 478. The van der Waals surface area contributed by atoms with Crippen LogP contribution in [0.1, 0.15) is 56.1 Å². The van der Waals surface area contributed by atoms with Crippen LogP contribution in [-0.2, 0) is 0 Å². The minimum absolute atomic E-state index is 0.0387. The van der Waals surface area contributed by atoms with E-state index in [9.17, 15) is 4.79 Å². The number of piperidine rings is 1. The molecule has 0 aromatic carbocycles. The summed E-state index contributed by atoms with van der Waals surface area (Å²) in [5, 5.41) is 3.93. The first kappa shape index (κ1) is 16.1.